The predicted octanol–water partition coefficient (Wildman–Crippen LogP) is 3.07. The van der Waals surface area contributed by atoms with Crippen molar-refractivity contribution in [3.05, 3.63) is 53.1 Å². The van der Waals surface area contributed by atoms with Gasteiger partial charge in [-0.2, -0.15) is 13.8 Å². The SMILES string of the molecule is COc1cc(NC(=O)c2cc(F)nc(F)c2F)ccc1C. The summed E-state index contributed by atoms with van der Waals surface area (Å²) in [5.74, 6) is -4.92. The molecule has 0 saturated carbocycles. The van der Waals surface area contributed by atoms with E-state index in [2.05, 4.69) is 10.3 Å². The van der Waals surface area contributed by atoms with Gasteiger partial charge in [-0.15, -0.1) is 0 Å². The van der Waals surface area contributed by atoms with E-state index in [4.69, 9.17) is 4.74 Å². The summed E-state index contributed by atoms with van der Waals surface area (Å²) in [7, 11) is 1.46. The lowest BCUT2D eigenvalue weighted by atomic mass is 10.2. The van der Waals surface area contributed by atoms with Crippen molar-refractivity contribution < 1.29 is 22.7 Å². The zero-order valence-corrected chi connectivity index (χ0v) is 11.2. The third-order valence-electron chi connectivity index (χ3n) is 2.80. The first-order valence-electron chi connectivity index (χ1n) is 5.90. The highest BCUT2D eigenvalue weighted by molar-refractivity contribution is 6.04. The van der Waals surface area contributed by atoms with Crippen molar-refractivity contribution in [2.24, 2.45) is 0 Å². The number of nitrogens with zero attached hydrogens (tertiary/aromatic N) is 1. The molecule has 0 unspecified atom stereocenters. The fourth-order valence-corrected chi connectivity index (χ4v) is 1.73. The van der Waals surface area contributed by atoms with Crippen LogP contribution < -0.4 is 10.1 Å². The van der Waals surface area contributed by atoms with Gasteiger partial charge in [-0.05, 0) is 18.6 Å². The maximum atomic E-state index is 13.5. The highest BCUT2D eigenvalue weighted by Gasteiger charge is 2.19. The molecule has 0 fully saturated rings. The number of anilines is 1. The standard InChI is InChI=1S/C14H11F3N2O2/c1-7-3-4-8(5-10(7)21-2)18-14(20)9-6-11(15)19-13(17)12(9)16/h3-6H,1-2H3,(H,18,20). The number of hydrogen-bond acceptors (Lipinski definition) is 3. The van der Waals surface area contributed by atoms with Crippen LogP contribution in [-0.4, -0.2) is 18.0 Å². The molecule has 0 atom stereocenters. The van der Waals surface area contributed by atoms with Crippen molar-refractivity contribution in [3.63, 3.8) is 0 Å². The number of nitrogens with one attached hydrogen (secondary N) is 1. The summed E-state index contributed by atoms with van der Waals surface area (Å²) in [6.07, 6.45) is 0. The minimum Gasteiger partial charge on any atom is -0.496 e. The number of carbonyl (C=O) groups is 1. The lowest BCUT2D eigenvalue weighted by Gasteiger charge is -2.09. The summed E-state index contributed by atoms with van der Waals surface area (Å²) in [4.78, 5) is 14.5. The summed E-state index contributed by atoms with van der Waals surface area (Å²) in [6, 6.07) is 5.28. The Kier molecular flexibility index (Phi) is 4.11. The number of methoxy groups -OCH3 is 1. The fraction of sp³-hybridized carbons (Fsp3) is 0.143. The summed E-state index contributed by atoms with van der Waals surface area (Å²) >= 11 is 0. The summed E-state index contributed by atoms with van der Waals surface area (Å²) < 4.78 is 44.5. The highest BCUT2D eigenvalue weighted by atomic mass is 19.2. The van der Waals surface area contributed by atoms with Gasteiger partial charge in [-0.25, -0.2) is 4.39 Å². The Morgan fingerprint density at radius 1 is 1.24 bits per heavy atom. The molecule has 0 bridgehead atoms. The summed E-state index contributed by atoms with van der Waals surface area (Å²) in [6.45, 7) is 1.80. The van der Waals surface area contributed by atoms with Gasteiger partial charge in [0, 0.05) is 17.8 Å². The van der Waals surface area contributed by atoms with Crippen molar-refractivity contribution in [2.75, 3.05) is 12.4 Å². The zero-order chi connectivity index (χ0) is 15.6. The van der Waals surface area contributed by atoms with E-state index < -0.39 is 29.2 Å². The van der Waals surface area contributed by atoms with E-state index >= 15 is 0 Å². The number of halogens is 3. The van der Waals surface area contributed by atoms with E-state index in [-0.39, 0.29) is 0 Å². The summed E-state index contributed by atoms with van der Waals surface area (Å²) in [5, 5.41) is 2.34. The minimum absolute atomic E-state index is 0.305. The number of pyridine rings is 1. The molecule has 0 aliphatic carbocycles. The molecular weight excluding hydrogens is 285 g/mol. The first kappa shape index (κ1) is 14.8. The van der Waals surface area contributed by atoms with Crippen LogP contribution in [-0.2, 0) is 0 Å². The number of ether oxygens (including phenoxy) is 1. The van der Waals surface area contributed by atoms with Crippen LogP contribution >= 0.6 is 0 Å². The number of amides is 1. The van der Waals surface area contributed by atoms with Crippen LogP contribution in [0.25, 0.3) is 0 Å². The molecule has 0 aliphatic rings. The highest BCUT2D eigenvalue weighted by Crippen LogP contribution is 2.23. The quantitative estimate of drug-likeness (QED) is 0.886. The van der Waals surface area contributed by atoms with Crippen LogP contribution in [0.2, 0.25) is 0 Å². The monoisotopic (exact) mass is 296 g/mol. The Hall–Kier alpha value is -2.57. The van der Waals surface area contributed by atoms with E-state index in [1.807, 2.05) is 0 Å². The van der Waals surface area contributed by atoms with E-state index in [1.54, 1.807) is 19.1 Å². The fourth-order valence-electron chi connectivity index (χ4n) is 1.73. The minimum atomic E-state index is -1.67. The first-order chi connectivity index (χ1) is 9.92. The molecule has 1 aromatic carbocycles. The molecule has 0 radical (unpaired) electrons. The average molecular weight is 296 g/mol. The molecule has 2 aromatic rings. The van der Waals surface area contributed by atoms with E-state index in [0.29, 0.717) is 17.5 Å². The number of benzene rings is 1. The van der Waals surface area contributed by atoms with E-state index in [1.165, 1.54) is 13.2 Å². The molecule has 1 N–H and O–H groups in total. The Bertz CT molecular complexity index is 705. The molecule has 7 heteroatoms. The largest absolute Gasteiger partial charge is 0.496 e. The van der Waals surface area contributed by atoms with Crippen LogP contribution in [0.4, 0.5) is 18.9 Å². The van der Waals surface area contributed by atoms with Crippen molar-refractivity contribution in [1.29, 1.82) is 0 Å². The van der Waals surface area contributed by atoms with Gasteiger partial charge in [0.25, 0.3) is 11.9 Å². The van der Waals surface area contributed by atoms with Gasteiger partial charge in [0.05, 0.1) is 12.7 Å². The van der Waals surface area contributed by atoms with Crippen molar-refractivity contribution in [2.45, 2.75) is 6.92 Å². The van der Waals surface area contributed by atoms with Crippen molar-refractivity contribution in [3.8, 4) is 5.75 Å². The van der Waals surface area contributed by atoms with Gasteiger partial charge in [0.2, 0.25) is 5.95 Å². The molecule has 0 aliphatic heterocycles. The molecule has 1 aromatic heterocycles. The lowest BCUT2D eigenvalue weighted by molar-refractivity contribution is 0.102. The van der Waals surface area contributed by atoms with E-state index in [9.17, 15) is 18.0 Å². The number of carbonyl (C=O) groups excluding carboxylic acids is 1. The third kappa shape index (κ3) is 3.13. The van der Waals surface area contributed by atoms with Crippen molar-refractivity contribution >= 4 is 11.6 Å². The molecule has 4 nitrogen and oxygen atoms in total. The van der Waals surface area contributed by atoms with Crippen LogP contribution in [0.15, 0.2) is 24.3 Å². The number of aromatic nitrogens is 1. The maximum absolute atomic E-state index is 13.5. The van der Waals surface area contributed by atoms with E-state index in [0.717, 1.165) is 5.56 Å². The van der Waals surface area contributed by atoms with Gasteiger partial charge in [0.1, 0.15) is 5.75 Å². The first-order valence-corrected chi connectivity index (χ1v) is 5.90. The Morgan fingerprint density at radius 2 is 1.95 bits per heavy atom. The molecule has 1 amide bonds. The zero-order valence-electron chi connectivity index (χ0n) is 11.2. The second-order valence-corrected chi connectivity index (χ2v) is 4.24. The van der Waals surface area contributed by atoms with Gasteiger partial charge < -0.3 is 10.1 Å². The van der Waals surface area contributed by atoms with Gasteiger partial charge in [-0.3, -0.25) is 4.79 Å². The predicted molar refractivity (Wildman–Crippen MR) is 69.8 cm³/mol. The molecule has 0 spiro atoms. The van der Waals surface area contributed by atoms with Gasteiger partial charge in [-0.1, -0.05) is 6.07 Å². The summed E-state index contributed by atoms with van der Waals surface area (Å²) in [5.41, 5.74) is 0.377. The third-order valence-corrected chi connectivity index (χ3v) is 2.80. The van der Waals surface area contributed by atoms with Crippen molar-refractivity contribution in [1.82, 2.24) is 4.98 Å². The molecule has 0 saturated heterocycles. The number of aryl methyl sites for hydroxylation is 1. The Morgan fingerprint density at radius 3 is 2.62 bits per heavy atom. The number of hydrogen-bond donors (Lipinski definition) is 1. The lowest BCUT2D eigenvalue weighted by Crippen LogP contribution is -2.16. The van der Waals surface area contributed by atoms with Gasteiger partial charge >= 0.3 is 0 Å². The molecular formula is C14H11F3N2O2. The molecule has 110 valence electrons. The van der Waals surface area contributed by atoms with Crippen LogP contribution in [0, 0.1) is 24.6 Å². The Labute approximate surface area is 118 Å². The van der Waals surface area contributed by atoms with Crippen LogP contribution in [0.5, 0.6) is 5.75 Å². The molecule has 2 rings (SSSR count). The van der Waals surface area contributed by atoms with Crippen LogP contribution in [0.3, 0.4) is 0 Å². The second kappa shape index (κ2) is 5.82. The van der Waals surface area contributed by atoms with Gasteiger partial charge in [0.15, 0.2) is 5.82 Å². The number of rotatable bonds is 3. The maximum Gasteiger partial charge on any atom is 0.258 e. The normalized spacial score (nSPS) is 10.3. The molecule has 21 heavy (non-hydrogen) atoms. The molecule has 1 heterocycles. The smallest absolute Gasteiger partial charge is 0.258 e. The average Bonchev–Trinajstić information content (AvgIpc) is 2.44. The topological polar surface area (TPSA) is 51.2 Å². The Balaban J connectivity index is 2.30. The second-order valence-electron chi connectivity index (χ2n) is 4.24. The van der Waals surface area contributed by atoms with Crippen LogP contribution in [0.1, 0.15) is 15.9 Å².